The number of aliphatic hydroxyl groups is 1. The van der Waals surface area contributed by atoms with Crippen molar-refractivity contribution in [1.82, 2.24) is 10.2 Å². The smallest absolute Gasteiger partial charge is 0.223 e. The van der Waals surface area contributed by atoms with Gasteiger partial charge in [-0.3, -0.25) is 9.69 Å². The first kappa shape index (κ1) is 18.9. The first-order chi connectivity index (χ1) is 11.3. The van der Waals surface area contributed by atoms with Gasteiger partial charge in [-0.25, -0.2) is 4.39 Å². The standard InChI is InChI=1S/C19H29FN2O2/c1-14-6-5-9-22(12-14)19(2,3)13-21-18(24)11-17(23)15-7-4-8-16(20)10-15/h4,7-8,10,14,17,23H,5-6,9,11-13H2,1-3H3,(H,21,24). The second kappa shape index (κ2) is 8.08. The Morgan fingerprint density at radius 2 is 2.25 bits per heavy atom. The van der Waals surface area contributed by atoms with Crippen molar-refractivity contribution in [2.45, 2.75) is 51.7 Å². The van der Waals surface area contributed by atoms with Gasteiger partial charge in [0.2, 0.25) is 5.91 Å². The van der Waals surface area contributed by atoms with Gasteiger partial charge in [-0.15, -0.1) is 0 Å². The SMILES string of the molecule is CC1CCCN(C(C)(C)CNC(=O)CC(O)c2cccc(F)c2)C1. The van der Waals surface area contributed by atoms with Gasteiger partial charge in [-0.1, -0.05) is 19.1 Å². The highest BCUT2D eigenvalue weighted by molar-refractivity contribution is 5.76. The Kier molecular flexibility index (Phi) is 6.35. The fourth-order valence-corrected chi connectivity index (χ4v) is 3.25. The number of rotatable bonds is 6. The van der Waals surface area contributed by atoms with Crippen LogP contribution in [0.1, 0.15) is 51.7 Å². The number of piperidine rings is 1. The summed E-state index contributed by atoms with van der Waals surface area (Å²) in [5.74, 6) is 0.0562. The molecule has 5 heteroatoms. The highest BCUT2D eigenvalue weighted by Gasteiger charge is 2.30. The van der Waals surface area contributed by atoms with Crippen LogP contribution >= 0.6 is 0 Å². The summed E-state index contributed by atoms with van der Waals surface area (Å²) in [6.45, 7) is 9.17. The van der Waals surface area contributed by atoms with Crippen molar-refractivity contribution in [3.8, 4) is 0 Å². The van der Waals surface area contributed by atoms with Crippen molar-refractivity contribution >= 4 is 5.91 Å². The minimum Gasteiger partial charge on any atom is -0.388 e. The molecule has 4 nitrogen and oxygen atoms in total. The number of nitrogens with zero attached hydrogens (tertiary/aromatic N) is 1. The normalized spacial score (nSPS) is 20.6. The van der Waals surface area contributed by atoms with E-state index < -0.39 is 11.9 Å². The van der Waals surface area contributed by atoms with Crippen molar-refractivity contribution in [1.29, 1.82) is 0 Å². The summed E-state index contributed by atoms with van der Waals surface area (Å²) >= 11 is 0. The van der Waals surface area contributed by atoms with E-state index in [1.165, 1.54) is 31.0 Å². The van der Waals surface area contributed by atoms with Crippen LogP contribution in [0.25, 0.3) is 0 Å². The van der Waals surface area contributed by atoms with Gasteiger partial charge in [-0.2, -0.15) is 0 Å². The van der Waals surface area contributed by atoms with Gasteiger partial charge in [0.1, 0.15) is 5.82 Å². The molecule has 0 bridgehead atoms. The fourth-order valence-electron chi connectivity index (χ4n) is 3.25. The first-order valence-electron chi connectivity index (χ1n) is 8.73. The summed E-state index contributed by atoms with van der Waals surface area (Å²) in [4.78, 5) is 14.5. The average molecular weight is 336 g/mol. The van der Waals surface area contributed by atoms with Gasteiger partial charge >= 0.3 is 0 Å². The molecule has 1 aromatic rings. The predicted octanol–water partition coefficient (Wildman–Crippen LogP) is 2.88. The molecule has 0 aromatic heterocycles. The topological polar surface area (TPSA) is 52.6 Å². The molecule has 134 valence electrons. The molecule has 24 heavy (non-hydrogen) atoms. The number of amides is 1. The maximum absolute atomic E-state index is 13.2. The van der Waals surface area contributed by atoms with Gasteiger partial charge < -0.3 is 10.4 Å². The van der Waals surface area contributed by atoms with E-state index in [-0.39, 0.29) is 17.9 Å². The van der Waals surface area contributed by atoms with Crippen LogP contribution in [0.3, 0.4) is 0 Å². The fraction of sp³-hybridized carbons (Fsp3) is 0.632. The molecule has 1 heterocycles. The number of carbonyl (C=O) groups excluding carboxylic acids is 1. The second-order valence-electron chi connectivity index (χ2n) is 7.56. The van der Waals surface area contributed by atoms with E-state index in [0.29, 0.717) is 18.0 Å². The second-order valence-corrected chi connectivity index (χ2v) is 7.56. The van der Waals surface area contributed by atoms with Gasteiger partial charge in [0, 0.05) is 18.6 Å². The van der Waals surface area contributed by atoms with E-state index in [1.54, 1.807) is 6.07 Å². The Bertz CT molecular complexity index is 562. The van der Waals surface area contributed by atoms with Crippen LogP contribution < -0.4 is 5.32 Å². The molecule has 0 aliphatic carbocycles. The molecule has 1 aliphatic heterocycles. The number of hydrogen-bond acceptors (Lipinski definition) is 3. The minimum atomic E-state index is -0.987. The van der Waals surface area contributed by atoms with Gasteiger partial charge in [0.25, 0.3) is 0 Å². The monoisotopic (exact) mass is 336 g/mol. The number of halogens is 1. The van der Waals surface area contributed by atoms with Crippen molar-refractivity contribution in [3.05, 3.63) is 35.6 Å². The maximum Gasteiger partial charge on any atom is 0.223 e. The lowest BCUT2D eigenvalue weighted by atomic mass is 9.93. The van der Waals surface area contributed by atoms with E-state index in [2.05, 4.69) is 31.0 Å². The molecule has 1 saturated heterocycles. The number of likely N-dealkylation sites (tertiary alicyclic amines) is 1. The Morgan fingerprint density at radius 1 is 1.50 bits per heavy atom. The molecule has 2 atom stereocenters. The van der Waals surface area contributed by atoms with Crippen LogP contribution in [0.4, 0.5) is 4.39 Å². The Labute approximate surface area is 144 Å². The number of nitrogens with one attached hydrogen (secondary N) is 1. The minimum absolute atomic E-state index is 0.0596. The quantitative estimate of drug-likeness (QED) is 0.840. The number of carbonyl (C=O) groups is 1. The third-order valence-corrected chi connectivity index (χ3v) is 4.84. The lowest BCUT2D eigenvalue weighted by Crippen LogP contribution is -2.54. The molecule has 0 saturated carbocycles. The summed E-state index contributed by atoms with van der Waals surface area (Å²) in [6.07, 6.45) is 1.41. The third-order valence-electron chi connectivity index (χ3n) is 4.84. The van der Waals surface area contributed by atoms with Crippen molar-refractivity contribution in [2.75, 3.05) is 19.6 Å². The zero-order chi connectivity index (χ0) is 17.7. The molecule has 2 N–H and O–H groups in total. The lowest BCUT2D eigenvalue weighted by molar-refractivity contribution is -0.123. The van der Waals surface area contributed by atoms with Gasteiger partial charge in [0.15, 0.2) is 0 Å². The van der Waals surface area contributed by atoms with Crippen molar-refractivity contribution < 1.29 is 14.3 Å². The molecule has 0 radical (unpaired) electrons. The van der Waals surface area contributed by atoms with E-state index in [9.17, 15) is 14.3 Å². The first-order valence-corrected chi connectivity index (χ1v) is 8.73. The van der Waals surface area contributed by atoms with Crippen LogP contribution in [0, 0.1) is 11.7 Å². The molecule has 1 aromatic carbocycles. The highest BCUT2D eigenvalue weighted by Crippen LogP contribution is 2.23. The summed E-state index contributed by atoms with van der Waals surface area (Å²) in [6, 6.07) is 5.74. The van der Waals surface area contributed by atoms with Crippen LogP contribution in [0.2, 0.25) is 0 Å². The average Bonchev–Trinajstić information content (AvgIpc) is 2.53. The zero-order valence-electron chi connectivity index (χ0n) is 14.9. The molecular formula is C19H29FN2O2. The Hall–Kier alpha value is -1.46. The summed E-state index contributed by atoms with van der Waals surface area (Å²) in [5.41, 5.74) is 0.308. The van der Waals surface area contributed by atoms with Crippen LogP contribution in [-0.4, -0.2) is 41.1 Å². The predicted molar refractivity (Wildman–Crippen MR) is 93.0 cm³/mol. The van der Waals surface area contributed by atoms with Gasteiger partial charge in [0.05, 0.1) is 12.5 Å². The van der Waals surface area contributed by atoms with Crippen molar-refractivity contribution in [3.63, 3.8) is 0 Å². The van der Waals surface area contributed by atoms with E-state index in [4.69, 9.17) is 0 Å². The summed E-state index contributed by atoms with van der Waals surface area (Å²) < 4.78 is 13.2. The molecule has 2 rings (SSSR count). The molecule has 1 amide bonds. The maximum atomic E-state index is 13.2. The van der Waals surface area contributed by atoms with Crippen LogP contribution in [0.15, 0.2) is 24.3 Å². The number of benzene rings is 1. The van der Waals surface area contributed by atoms with Crippen molar-refractivity contribution in [2.24, 2.45) is 5.92 Å². The van der Waals surface area contributed by atoms with E-state index in [1.807, 2.05) is 0 Å². The molecule has 0 spiro atoms. The Morgan fingerprint density at radius 3 is 2.92 bits per heavy atom. The molecular weight excluding hydrogens is 307 g/mol. The third kappa shape index (κ3) is 5.28. The summed E-state index contributed by atoms with van der Waals surface area (Å²) in [5, 5.41) is 13.0. The highest BCUT2D eigenvalue weighted by atomic mass is 19.1. The number of hydrogen-bond donors (Lipinski definition) is 2. The largest absolute Gasteiger partial charge is 0.388 e. The zero-order valence-corrected chi connectivity index (χ0v) is 14.9. The molecule has 1 aliphatic rings. The summed E-state index contributed by atoms with van der Waals surface area (Å²) in [7, 11) is 0. The lowest BCUT2D eigenvalue weighted by Gasteiger charge is -2.43. The Balaban J connectivity index is 1.83. The molecule has 2 unspecified atom stereocenters. The van der Waals surface area contributed by atoms with Gasteiger partial charge in [-0.05, 0) is 56.8 Å². The molecule has 1 fully saturated rings. The van der Waals surface area contributed by atoms with Crippen LogP contribution in [-0.2, 0) is 4.79 Å². The van der Waals surface area contributed by atoms with Crippen LogP contribution in [0.5, 0.6) is 0 Å². The number of aliphatic hydroxyl groups excluding tert-OH is 1. The van der Waals surface area contributed by atoms with E-state index >= 15 is 0 Å². The van der Waals surface area contributed by atoms with E-state index in [0.717, 1.165) is 13.1 Å².